The normalized spacial score (nSPS) is 18.3. The summed E-state index contributed by atoms with van der Waals surface area (Å²) in [5.41, 5.74) is 0.488. The minimum absolute atomic E-state index is 0.438. The maximum Gasteiger partial charge on any atom is 0.181 e. The van der Waals surface area contributed by atoms with Crippen LogP contribution in [0.5, 0.6) is 0 Å². The average molecular weight is 165 g/mol. The van der Waals surface area contributed by atoms with Gasteiger partial charge < -0.3 is 4.42 Å². The molecule has 0 radical (unpaired) electrons. The number of oxazole rings is 1. The highest BCUT2D eigenvalue weighted by molar-refractivity contribution is 5.73. The van der Waals surface area contributed by atoms with E-state index in [0.29, 0.717) is 11.6 Å². The Hall–Kier alpha value is -1.12. The van der Waals surface area contributed by atoms with Crippen molar-refractivity contribution in [3.63, 3.8) is 0 Å². The van der Waals surface area contributed by atoms with Gasteiger partial charge in [-0.3, -0.25) is 4.79 Å². The molecule has 0 amide bonds. The molecule has 0 aliphatic heterocycles. The smallest absolute Gasteiger partial charge is 0.181 e. The molecule has 0 spiro atoms. The molecule has 64 valence electrons. The number of nitrogens with zero attached hydrogens (tertiary/aromatic N) is 1. The molecule has 3 heteroatoms. The molecule has 2 rings (SSSR count). The third-order valence-electron chi connectivity index (χ3n) is 2.46. The zero-order valence-corrected chi connectivity index (χ0v) is 6.82. The maximum atomic E-state index is 10.5. The average Bonchev–Trinajstić information content (AvgIpc) is 2.74. The van der Waals surface area contributed by atoms with Crippen LogP contribution in [0.25, 0.3) is 0 Å². The fraction of sp³-hybridized carbons (Fsp3) is 0.556. The van der Waals surface area contributed by atoms with Crippen LogP contribution in [0.1, 0.15) is 47.8 Å². The van der Waals surface area contributed by atoms with E-state index in [-0.39, 0.29) is 0 Å². The molecule has 12 heavy (non-hydrogen) atoms. The van der Waals surface area contributed by atoms with Crippen molar-refractivity contribution < 1.29 is 9.21 Å². The van der Waals surface area contributed by atoms with Gasteiger partial charge in [-0.1, -0.05) is 12.8 Å². The van der Waals surface area contributed by atoms with Gasteiger partial charge in [-0.15, -0.1) is 0 Å². The number of rotatable bonds is 2. The molecule has 1 aliphatic rings. The van der Waals surface area contributed by atoms with E-state index in [4.69, 9.17) is 4.42 Å². The molecule has 0 bridgehead atoms. The standard InChI is InChI=1S/C9H11NO2/c11-5-8-9(12-6-10-8)7-3-1-2-4-7/h5-7H,1-4H2. The summed E-state index contributed by atoms with van der Waals surface area (Å²) in [6.45, 7) is 0. The summed E-state index contributed by atoms with van der Waals surface area (Å²) in [4.78, 5) is 14.4. The monoisotopic (exact) mass is 165 g/mol. The number of aromatic nitrogens is 1. The summed E-state index contributed by atoms with van der Waals surface area (Å²) in [6.07, 6.45) is 6.88. The minimum atomic E-state index is 0.438. The Morgan fingerprint density at radius 2 is 2.25 bits per heavy atom. The van der Waals surface area contributed by atoms with E-state index in [2.05, 4.69) is 4.98 Å². The first-order valence-electron chi connectivity index (χ1n) is 4.30. The van der Waals surface area contributed by atoms with Gasteiger partial charge in [0.05, 0.1) is 0 Å². The van der Waals surface area contributed by atoms with E-state index in [9.17, 15) is 4.79 Å². The van der Waals surface area contributed by atoms with Crippen molar-refractivity contribution in [2.24, 2.45) is 0 Å². The number of aldehydes is 1. The Morgan fingerprint density at radius 3 is 2.92 bits per heavy atom. The van der Waals surface area contributed by atoms with Gasteiger partial charge in [-0.25, -0.2) is 4.98 Å². The van der Waals surface area contributed by atoms with Crippen LogP contribution in [0.15, 0.2) is 10.8 Å². The molecule has 1 aromatic rings. The van der Waals surface area contributed by atoms with Crippen LogP contribution in [0.4, 0.5) is 0 Å². The van der Waals surface area contributed by atoms with Gasteiger partial charge in [-0.05, 0) is 12.8 Å². The molecule has 1 saturated carbocycles. The Morgan fingerprint density at radius 1 is 1.50 bits per heavy atom. The van der Waals surface area contributed by atoms with Gasteiger partial charge in [0.1, 0.15) is 11.5 Å². The molecule has 0 saturated heterocycles. The van der Waals surface area contributed by atoms with E-state index in [1.165, 1.54) is 19.2 Å². The molecule has 0 N–H and O–H groups in total. The Bertz CT molecular complexity index is 274. The lowest BCUT2D eigenvalue weighted by atomic mass is 10.0. The fourth-order valence-electron chi connectivity index (χ4n) is 1.85. The zero-order chi connectivity index (χ0) is 8.39. The number of hydrogen-bond acceptors (Lipinski definition) is 3. The predicted octanol–water partition coefficient (Wildman–Crippen LogP) is 2.14. The molecular formula is C9H11NO2. The highest BCUT2D eigenvalue weighted by atomic mass is 16.3. The lowest BCUT2D eigenvalue weighted by Crippen LogP contribution is -1.94. The SMILES string of the molecule is O=Cc1ncoc1C1CCCC1. The van der Waals surface area contributed by atoms with E-state index in [1.54, 1.807) is 0 Å². The first-order chi connectivity index (χ1) is 5.92. The highest BCUT2D eigenvalue weighted by Gasteiger charge is 2.23. The van der Waals surface area contributed by atoms with Gasteiger partial charge in [0.15, 0.2) is 12.7 Å². The Balaban J connectivity index is 2.25. The summed E-state index contributed by atoms with van der Waals surface area (Å²) >= 11 is 0. The van der Waals surface area contributed by atoms with Gasteiger partial charge in [0.2, 0.25) is 0 Å². The van der Waals surface area contributed by atoms with E-state index in [0.717, 1.165) is 24.9 Å². The van der Waals surface area contributed by atoms with Gasteiger partial charge in [0.25, 0.3) is 0 Å². The Kier molecular flexibility index (Phi) is 1.94. The molecule has 1 aromatic heterocycles. The van der Waals surface area contributed by atoms with Gasteiger partial charge >= 0.3 is 0 Å². The van der Waals surface area contributed by atoms with Gasteiger partial charge in [0, 0.05) is 5.92 Å². The third kappa shape index (κ3) is 1.15. The molecule has 0 unspecified atom stereocenters. The molecule has 3 nitrogen and oxygen atoms in total. The van der Waals surface area contributed by atoms with Crippen molar-refractivity contribution in [2.45, 2.75) is 31.6 Å². The van der Waals surface area contributed by atoms with Crippen LogP contribution in [0.3, 0.4) is 0 Å². The summed E-state index contributed by atoms with van der Waals surface area (Å²) in [5.74, 6) is 1.23. The molecular weight excluding hydrogens is 154 g/mol. The summed E-state index contributed by atoms with van der Waals surface area (Å²) in [7, 11) is 0. The quantitative estimate of drug-likeness (QED) is 0.630. The van der Waals surface area contributed by atoms with E-state index < -0.39 is 0 Å². The fourth-order valence-corrected chi connectivity index (χ4v) is 1.85. The lowest BCUT2D eigenvalue weighted by molar-refractivity contribution is 0.111. The van der Waals surface area contributed by atoms with Crippen LogP contribution >= 0.6 is 0 Å². The molecule has 1 aliphatic carbocycles. The van der Waals surface area contributed by atoms with Crippen molar-refractivity contribution in [2.75, 3.05) is 0 Å². The van der Waals surface area contributed by atoms with Crippen molar-refractivity contribution in [1.29, 1.82) is 0 Å². The number of hydrogen-bond donors (Lipinski definition) is 0. The predicted molar refractivity (Wildman–Crippen MR) is 43.1 cm³/mol. The van der Waals surface area contributed by atoms with E-state index in [1.807, 2.05) is 0 Å². The van der Waals surface area contributed by atoms with Crippen molar-refractivity contribution in [3.8, 4) is 0 Å². The first-order valence-corrected chi connectivity index (χ1v) is 4.30. The molecule has 0 atom stereocenters. The topological polar surface area (TPSA) is 43.1 Å². The largest absolute Gasteiger partial charge is 0.447 e. The van der Waals surface area contributed by atoms with Crippen LogP contribution < -0.4 is 0 Å². The minimum Gasteiger partial charge on any atom is -0.447 e. The highest BCUT2D eigenvalue weighted by Crippen LogP contribution is 2.34. The maximum absolute atomic E-state index is 10.5. The molecule has 0 aromatic carbocycles. The van der Waals surface area contributed by atoms with Crippen molar-refractivity contribution in [3.05, 3.63) is 17.8 Å². The first kappa shape index (κ1) is 7.53. The third-order valence-corrected chi connectivity index (χ3v) is 2.46. The van der Waals surface area contributed by atoms with Crippen molar-refractivity contribution >= 4 is 6.29 Å². The second kappa shape index (κ2) is 3.09. The van der Waals surface area contributed by atoms with Crippen LogP contribution in [0.2, 0.25) is 0 Å². The molecule has 1 fully saturated rings. The van der Waals surface area contributed by atoms with Crippen LogP contribution in [0, 0.1) is 0 Å². The summed E-state index contributed by atoms with van der Waals surface area (Å²) in [6, 6.07) is 0. The van der Waals surface area contributed by atoms with Gasteiger partial charge in [-0.2, -0.15) is 0 Å². The second-order valence-electron chi connectivity index (χ2n) is 3.20. The zero-order valence-electron chi connectivity index (χ0n) is 6.82. The number of carbonyl (C=O) groups excluding carboxylic acids is 1. The summed E-state index contributed by atoms with van der Waals surface area (Å²) in [5, 5.41) is 0. The number of carbonyl (C=O) groups is 1. The van der Waals surface area contributed by atoms with Crippen molar-refractivity contribution in [1.82, 2.24) is 4.98 Å². The van der Waals surface area contributed by atoms with Crippen LogP contribution in [-0.4, -0.2) is 11.3 Å². The second-order valence-corrected chi connectivity index (χ2v) is 3.20. The lowest BCUT2D eigenvalue weighted by Gasteiger charge is -2.03. The Labute approximate surface area is 70.8 Å². The summed E-state index contributed by atoms with van der Waals surface area (Å²) < 4.78 is 5.20. The van der Waals surface area contributed by atoms with Crippen LogP contribution in [-0.2, 0) is 0 Å². The van der Waals surface area contributed by atoms with E-state index >= 15 is 0 Å². The molecule has 1 heterocycles.